The highest BCUT2D eigenvalue weighted by Gasteiger charge is 2.33. The number of nitro groups is 1. The molecule has 0 bridgehead atoms. The Balaban J connectivity index is 1.86. The second-order valence-corrected chi connectivity index (χ2v) is 10.7. The molecule has 2 heterocycles. The summed E-state index contributed by atoms with van der Waals surface area (Å²) in [4.78, 5) is 25.2. The lowest BCUT2D eigenvalue weighted by Crippen LogP contribution is -2.40. The van der Waals surface area contributed by atoms with Gasteiger partial charge in [-0.25, -0.2) is 8.42 Å². The zero-order valence-electron chi connectivity index (χ0n) is 21.4. The second kappa shape index (κ2) is 11.3. The first-order chi connectivity index (χ1) is 18.1. The molecule has 4 rings (SSSR count). The number of carbonyl (C=O) groups is 1. The summed E-state index contributed by atoms with van der Waals surface area (Å²) in [5, 5.41) is 16.0. The van der Waals surface area contributed by atoms with Crippen LogP contribution in [0.4, 0.5) is 5.69 Å². The van der Waals surface area contributed by atoms with E-state index in [4.69, 9.17) is 9.47 Å². The minimum Gasteiger partial charge on any atom is -0.437 e. The van der Waals surface area contributed by atoms with Gasteiger partial charge in [0, 0.05) is 44.4 Å². The second-order valence-electron chi connectivity index (χ2n) is 8.76. The molecular formula is C25H29N5O7S. The van der Waals surface area contributed by atoms with Gasteiger partial charge in [0.05, 0.1) is 23.8 Å². The third-order valence-corrected chi connectivity index (χ3v) is 8.03. The zero-order chi connectivity index (χ0) is 27.4. The quantitative estimate of drug-likeness (QED) is 0.296. The molecule has 12 nitrogen and oxygen atoms in total. The molecule has 1 aromatic heterocycles. The Morgan fingerprint density at radius 2 is 1.87 bits per heavy atom. The van der Waals surface area contributed by atoms with Crippen molar-refractivity contribution in [1.29, 1.82) is 0 Å². The molecule has 0 radical (unpaired) electrons. The molecule has 38 heavy (non-hydrogen) atoms. The van der Waals surface area contributed by atoms with Crippen molar-refractivity contribution in [1.82, 2.24) is 19.0 Å². The van der Waals surface area contributed by atoms with Gasteiger partial charge in [0.15, 0.2) is 5.69 Å². The van der Waals surface area contributed by atoms with Gasteiger partial charge in [-0.05, 0) is 31.5 Å². The maximum atomic E-state index is 13.6. The van der Waals surface area contributed by atoms with E-state index in [1.807, 2.05) is 13.0 Å². The number of nitrogens with zero attached hydrogens (tertiary/aromatic N) is 5. The fourth-order valence-corrected chi connectivity index (χ4v) is 5.63. The smallest absolute Gasteiger partial charge is 0.274 e. The summed E-state index contributed by atoms with van der Waals surface area (Å²) in [6.45, 7) is 4.77. The van der Waals surface area contributed by atoms with Gasteiger partial charge in [-0.2, -0.15) is 14.1 Å². The lowest BCUT2D eigenvalue weighted by atomic mass is 10.2. The van der Waals surface area contributed by atoms with Crippen molar-refractivity contribution in [2.75, 3.05) is 39.9 Å². The van der Waals surface area contributed by atoms with Crippen LogP contribution >= 0.6 is 0 Å². The van der Waals surface area contributed by atoms with Crippen LogP contribution in [0.5, 0.6) is 11.6 Å². The Bertz CT molecular complexity index is 1430. The molecule has 1 fully saturated rings. The molecule has 1 aliphatic heterocycles. The van der Waals surface area contributed by atoms with Gasteiger partial charge in [0.2, 0.25) is 15.9 Å². The molecule has 13 heteroatoms. The van der Waals surface area contributed by atoms with Crippen molar-refractivity contribution in [2.24, 2.45) is 0 Å². The largest absolute Gasteiger partial charge is 0.437 e. The molecule has 0 aliphatic carbocycles. The van der Waals surface area contributed by atoms with Gasteiger partial charge in [-0.15, -0.1) is 0 Å². The number of carbonyl (C=O) groups excluding carboxylic acids is 1. The number of benzene rings is 2. The number of morpholine rings is 1. The monoisotopic (exact) mass is 543 g/mol. The normalized spacial score (nSPS) is 14.3. The van der Waals surface area contributed by atoms with E-state index in [-0.39, 0.29) is 54.4 Å². The molecule has 1 amide bonds. The van der Waals surface area contributed by atoms with Crippen LogP contribution in [0, 0.1) is 17.0 Å². The lowest BCUT2D eigenvalue weighted by molar-refractivity contribution is -0.385. The molecule has 0 spiro atoms. The summed E-state index contributed by atoms with van der Waals surface area (Å²) in [5.41, 5.74) is 0.742. The first-order valence-corrected chi connectivity index (χ1v) is 13.5. The number of rotatable bonds is 9. The highest BCUT2D eigenvalue weighted by Crippen LogP contribution is 2.37. The predicted molar refractivity (Wildman–Crippen MR) is 138 cm³/mol. The molecule has 1 aliphatic rings. The maximum Gasteiger partial charge on any atom is 0.274 e. The molecule has 0 saturated carbocycles. The Morgan fingerprint density at radius 1 is 1.18 bits per heavy atom. The van der Waals surface area contributed by atoms with Gasteiger partial charge in [-0.1, -0.05) is 25.1 Å². The minimum absolute atomic E-state index is 0.105. The van der Waals surface area contributed by atoms with Crippen molar-refractivity contribution in [3.05, 3.63) is 69.9 Å². The Kier molecular flexibility index (Phi) is 8.09. The van der Waals surface area contributed by atoms with E-state index in [0.717, 1.165) is 12.5 Å². The van der Waals surface area contributed by atoms with E-state index in [1.54, 1.807) is 43.1 Å². The molecule has 2 aromatic carbocycles. The fourth-order valence-electron chi connectivity index (χ4n) is 4.09. The number of aromatic nitrogens is 2. The predicted octanol–water partition coefficient (Wildman–Crippen LogP) is 3.38. The van der Waals surface area contributed by atoms with Crippen LogP contribution in [0.3, 0.4) is 0 Å². The van der Waals surface area contributed by atoms with Crippen molar-refractivity contribution >= 4 is 21.6 Å². The SMILES string of the molecule is CCCN(C)C(=O)c1nn(-c2ccccc2)c(Oc2ccc([N+](=O)[O-])cc2S(=O)(=O)N2CCOCC2)c1C. The molecule has 1 saturated heterocycles. The zero-order valence-corrected chi connectivity index (χ0v) is 22.2. The summed E-state index contributed by atoms with van der Waals surface area (Å²) in [6.07, 6.45) is 0.760. The van der Waals surface area contributed by atoms with Gasteiger partial charge in [0.1, 0.15) is 10.6 Å². The van der Waals surface area contributed by atoms with Gasteiger partial charge in [-0.3, -0.25) is 14.9 Å². The number of amides is 1. The lowest BCUT2D eigenvalue weighted by Gasteiger charge is -2.26. The Morgan fingerprint density at radius 3 is 2.50 bits per heavy atom. The molecule has 0 unspecified atom stereocenters. The van der Waals surface area contributed by atoms with Gasteiger partial charge >= 0.3 is 0 Å². The maximum absolute atomic E-state index is 13.6. The van der Waals surface area contributed by atoms with Crippen LogP contribution in [0.2, 0.25) is 0 Å². The number of hydrogen-bond acceptors (Lipinski definition) is 8. The van der Waals surface area contributed by atoms with E-state index < -0.39 is 20.6 Å². The minimum atomic E-state index is -4.17. The van der Waals surface area contributed by atoms with E-state index in [9.17, 15) is 23.3 Å². The summed E-state index contributed by atoms with van der Waals surface area (Å²) in [6, 6.07) is 12.4. The van der Waals surface area contributed by atoms with E-state index in [2.05, 4.69) is 5.10 Å². The molecule has 3 aromatic rings. The van der Waals surface area contributed by atoms with Crippen molar-refractivity contribution < 1.29 is 27.6 Å². The standard InChI is InChI=1S/C25H29N5O7S/c1-4-12-27(3)24(31)23-18(2)25(29(26-23)19-8-6-5-7-9-19)37-21-11-10-20(30(32)33)17-22(21)38(34,35)28-13-15-36-16-14-28/h5-11,17H,4,12-16H2,1-3H3. The summed E-state index contributed by atoms with van der Waals surface area (Å²) in [7, 11) is -2.49. The number of ether oxygens (including phenoxy) is 2. The number of non-ortho nitro benzene ring substituents is 1. The Hall–Kier alpha value is -3.81. The Labute approximate surface area is 220 Å². The van der Waals surface area contributed by atoms with E-state index in [1.165, 1.54) is 21.1 Å². The van der Waals surface area contributed by atoms with Crippen LogP contribution in [0.25, 0.3) is 5.69 Å². The topological polar surface area (TPSA) is 137 Å². The number of sulfonamides is 1. The first kappa shape index (κ1) is 27.2. The summed E-state index contributed by atoms with van der Waals surface area (Å²) < 4.78 is 41.2. The van der Waals surface area contributed by atoms with Crippen molar-refractivity contribution in [3.63, 3.8) is 0 Å². The van der Waals surface area contributed by atoms with Crippen LogP contribution in [-0.2, 0) is 14.8 Å². The van der Waals surface area contributed by atoms with Crippen molar-refractivity contribution in [3.8, 4) is 17.3 Å². The highest BCUT2D eigenvalue weighted by molar-refractivity contribution is 7.89. The van der Waals surface area contributed by atoms with E-state index in [0.29, 0.717) is 17.8 Å². The number of hydrogen-bond donors (Lipinski definition) is 0. The number of para-hydroxylation sites is 1. The first-order valence-electron chi connectivity index (χ1n) is 12.1. The third kappa shape index (κ3) is 5.39. The highest BCUT2D eigenvalue weighted by atomic mass is 32.2. The summed E-state index contributed by atoms with van der Waals surface area (Å²) >= 11 is 0. The van der Waals surface area contributed by atoms with E-state index >= 15 is 0 Å². The third-order valence-electron chi connectivity index (χ3n) is 6.11. The average molecular weight is 544 g/mol. The van der Waals surface area contributed by atoms with Crippen LogP contribution in [0.1, 0.15) is 29.4 Å². The number of nitro benzene ring substituents is 1. The van der Waals surface area contributed by atoms with Crippen LogP contribution in [0.15, 0.2) is 53.4 Å². The summed E-state index contributed by atoms with van der Waals surface area (Å²) in [5.74, 6) is -0.311. The average Bonchev–Trinajstić information content (AvgIpc) is 3.25. The molecule has 0 atom stereocenters. The molecular weight excluding hydrogens is 514 g/mol. The van der Waals surface area contributed by atoms with Crippen LogP contribution < -0.4 is 4.74 Å². The molecule has 202 valence electrons. The van der Waals surface area contributed by atoms with Gasteiger partial charge in [0.25, 0.3) is 11.6 Å². The van der Waals surface area contributed by atoms with Gasteiger partial charge < -0.3 is 14.4 Å². The van der Waals surface area contributed by atoms with Crippen molar-refractivity contribution in [2.45, 2.75) is 25.2 Å². The molecule has 0 N–H and O–H groups in total. The fraction of sp³-hybridized carbons (Fsp3) is 0.360. The van der Waals surface area contributed by atoms with Crippen LogP contribution in [-0.4, -0.2) is 78.1 Å².